The highest BCUT2D eigenvalue weighted by molar-refractivity contribution is 8.00. The molecule has 0 amide bonds. The van der Waals surface area contributed by atoms with Crippen LogP contribution in [0.5, 0.6) is 0 Å². The number of hydrogen-bond donors (Lipinski definition) is 3. The fourth-order valence-corrected chi connectivity index (χ4v) is 3.03. The van der Waals surface area contributed by atoms with Crippen molar-refractivity contribution in [3.8, 4) is 0 Å². The molecule has 0 heterocycles. The van der Waals surface area contributed by atoms with E-state index in [0.29, 0.717) is 0 Å². The van der Waals surface area contributed by atoms with Gasteiger partial charge in [0.2, 0.25) is 0 Å². The molecule has 0 saturated carbocycles. The van der Waals surface area contributed by atoms with Crippen LogP contribution < -0.4 is 10.6 Å². The van der Waals surface area contributed by atoms with E-state index in [1.54, 1.807) is 0 Å². The van der Waals surface area contributed by atoms with Crippen molar-refractivity contribution in [3.63, 3.8) is 0 Å². The van der Waals surface area contributed by atoms with Crippen molar-refractivity contribution in [2.24, 2.45) is 0 Å². The van der Waals surface area contributed by atoms with E-state index >= 15 is 0 Å². The van der Waals surface area contributed by atoms with Crippen molar-refractivity contribution in [3.05, 3.63) is 0 Å². The Balaban J connectivity index is 3.99. The summed E-state index contributed by atoms with van der Waals surface area (Å²) in [5.74, 6) is 1.22. The van der Waals surface area contributed by atoms with Crippen molar-refractivity contribution in [2.45, 2.75) is 95.7 Å². The molecule has 0 aliphatic carbocycles. The van der Waals surface area contributed by atoms with Gasteiger partial charge in [-0.3, -0.25) is 0 Å². The average Bonchev–Trinajstić information content (AvgIpc) is 2.29. The Morgan fingerprint density at radius 3 is 1.82 bits per heavy atom. The van der Waals surface area contributed by atoms with Crippen LogP contribution in [0, 0.1) is 0 Å². The van der Waals surface area contributed by atoms with Gasteiger partial charge in [-0.15, -0.1) is 0 Å². The van der Waals surface area contributed by atoms with Gasteiger partial charge in [0.25, 0.3) is 0 Å². The largest absolute Gasteiger partial charge is 0.311 e. The predicted octanol–water partition coefficient (Wildman–Crippen LogP) is 4.74. The number of hydrogen-bond acceptors (Lipinski definition) is 4. The van der Waals surface area contributed by atoms with E-state index < -0.39 is 0 Å². The maximum absolute atomic E-state index is 4.59. The number of thioether (sulfide) groups is 1. The summed E-state index contributed by atoms with van der Waals surface area (Å²) in [7, 11) is 0. The van der Waals surface area contributed by atoms with Gasteiger partial charge in [-0.05, 0) is 80.9 Å². The van der Waals surface area contributed by atoms with Crippen molar-refractivity contribution in [1.82, 2.24) is 10.6 Å². The highest BCUT2D eigenvalue weighted by atomic mass is 32.2. The first-order valence-corrected chi connectivity index (χ1v) is 9.92. The second kappa shape index (κ2) is 8.64. The van der Waals surface area contributed by atoms with E-state index in [1.165, 1.54) is 18.6 Å². The molecule has 22 heavy (non-hydrogen) atoms. The van der Waals surface area contributed by atoms with E-state index in [0.717, 1.165) is 13.1 Å². The van der Waals surface area contributed by atoms with Crippen molar-refractivity contribution >= 4 is 24.4 Å². The van der Waals surface area contributed by atoms with Gasteiger partial charge in [-0.25, -0.2) is 0 Å². The zero-order valence-electron chi connectivity index (χ0n) is 16.4. The molecule has 2 N–H and O–H groups in total. The lowest BCUT2D eigenvalue weighted by Gasteiger charge is -2.32. The van der Waals surface area contributed by atoms with E-state index in [2.05, 4.69) is 97.3 Å². The van der Waals surface area contributed by atoms with E-state index in [9.17, 15) is 0 Å². The minimum Gasteiger partial charge on any atom is -0.311 e. The van der Waals surface area contributed by atoms with Gasteiger partial charge in [0.15, 0.2) is 0 Å². The lowest BCUT2D eigenvalue weighted by Crippen LogP contribution is -2.45. The highest BCUT2D eigenvalue weighted by Gasteiger charge is 2.23. The maximum atomic E-state index is 4.59. The molecule has 0 spiro atoms. The summed E-state index contributed by atoms with van der Waals surface area (Å²) < 4.78 is 0.338. The molecule has 0 aliphatic heterocycles. The average molecular weight is 349 g/mol. The minimum absolute atomic E-state index is 0.0483. The molecule has 0 rings (SSSR count). The standard InChI is InChI=1S/C18H40N2S2/c1-15(2,3)19-14-18(8,9)22-12-10-11-16(4,5)20-13-17(6,7)21/h19-21H,10-14H2,1-9H3. The lowest BCUT2D eigenvalue weighted by molar-refractivity contribution is 0.348. The van der Waals surface area contributed by atoms with Crippen molar-refractivity contribution in [2.75, 3.05) is 18.8 Å². The number of nitrogens with one attached hydrogen (secondary N) is 2. The smallest absolute Gasteiger partial charge is 0.0228 e. The van der Waals surface area contributed by atoms with Crippen LogP contribution in [0.4, 0.5) is 0 Å². The molecular weight excluding hydrogens is 308 g/mol. The van der Waals surface area contributed by atoms with Gasteiger partial charge in [0.1, 0.15) is 0 Å². The van der Waals surface area contributed by atoms with E-state index in [4.69, 9.17) is 0 Å². The Kier molecular flexibility index (Phi) is 8.88. The van der Waals surface area contributed by atoms with E-state index in [1.807, 2.05) is 0 Å². The van der Waals surface area contributed by atoms with Crippen LogP contribution in [0.25, 0.3) is 0 Å². The summed E-state index contributed by atoms with van der Waals surface area (Å²) in [5, 5.41) is 7.26. The SMILES string of the molecule is CC(C)(S)CNC(C)(C)CCCSC(C)(C)CNC(C)(C)C. The van der Waals surface area contributed by atoms with Crippen LogP contribution in [0.1, 0.15) is 75.2 Å². The van der Waals surface area contributed by atoms with Gasteiger partial charge < -0.3 is 10.6 Å². The topological polar surface area (TPSA) is 24.1 Å². The van der Waals surface area contributed by atoms with Gasteiger partial charge in [-0.2, -0.15) is 24.4 Å². The third-order valence-corrected chi connectivity index (χ3v) is 5.06. The second-order valence-electron chi connectivity index (χ2n) is 9.37. The first-order chi connectivity index (χ1) is 9.62. The zero-order valence-corrected chi connectivity index (χ0v) is 18.1. The molecule has 0 saturated heterocycles. The Hall–Kier alpha value is 0.620. The Bertz CT molecular complexity index is 280. The highest BCUT2D eigenvalue weighted by Crippen LogP contribution is 2.26. The molecule has 0 atom stereocenters. The normalized spacial score (nSPS) is 14.5. The van der Waals surface area contributed by atoms with Crippen molar-refractivity contribution < 1.29 is 0 Å². The molecule has 0 unspecified atom stereocenters. The molecule has 0 bridgehead atoms. The molecule has 134 valence electrons. The number of rotatable bonds is 10. The first-order valence-electron chi connectivity index (χ1n) is 8.48. The van der Waals surface area contributed by atoms with Gasteiger partial charge >= 0.3 is 0 Å². The fraction of sp³-hybridized carbons (Fsp3) is 1.00. The van der Waals surface area contributed by atoms with Crippen LogP contribution in [-0.4, -0.2) is 39.4 Å². The van der Waals surface area contributed by atoms with Crippen LogP contribution in [-0.2, 0) is 0 Å². The van der Waals surface area contributed by atoms with Gasteiger partial charge in [-0.1, -0.05) is 0 Å². The third-order valence-electron chi connectivity index (χ3n) is 3.48. The van der Waals surface area contributed by atoms with Crippen LogP contribution >= 0.6 is 24.4 Å². The van der Waals surface area contributed by atoms with Crippen LogP contribution in [0.3, 0.4) is 0 Å². The zero-order chi connectivity index (χ0) is 17.7. The van der Waals surface area contributed by atoms with Gasteiger partial charge in [0, 0.05) is 33.7 Å². The van der Waals surface area contributed by atoms with E-state index in [-0.39, 0.29) is 20.6 Å². The summed E-state index contributed by atoms with van der Waals surface area (Å²) in [6.07, 6.45) is 2.45. The molecular formula is C18H40N2S2. The van der Waals surface area contributed by atoms with Crippen LogP contribution in [0.2, 0.25) is 0 Å². The van der Waals surface area contributed by atoms with Gasteiger partial charge in [0.05, 0.1) is 0 Å². The fourth-order valence-electron chi connectivity index (χ4n) is 1.94. The number of thiol groups is 1. The minimum atomic E-state index is 0.0483. The molecule has 2 nitrogen and oxygen atoms in total. The Labute approximate surface area is 149 Å². The third kappa shape index (κ3) is 14.2. The summed E-state index contributed by atoms with van der Waals surface area (Å²) >= 11 is 6.67. The lowest BCUT2D eigenvalue weighted by atomic mass is 9.98. The summed E-state index contributed by atoms with van der Waals surface area (Å²) in [4.78, 5) is 0. The van der Waals surface area contributed by atoms with Crippen LogP contribution in [0.15, 0.2) is 0 Å². The molecule has 4 heteroatoms. The summed E-state index contributed by atoms with van der Waals surface area (Å²) in [5.41, 5.74) is 0.387. The quantitative estimate of drug-likeness (QED) is 0.392. The molecule has 0 aromatic heterocycles. The van der Waals surface area contributed by atoms with Crippen molar-refractivity contribution in [1.29, 1.82) is 0 Å². The molecule has 0 aliphatic rings. The molecule has 0 aromatic carbocycles. The predicted molar refractivity (Wildman–Crippen MR) is 109 cm³/mol. The maximum Gasteiger partial charge on any atom is 0.0228 e. The molecule has 0 fully saturated rings. The Morgan fingerprint density at radius 2 is 1.36 bits per heavy atom. The summed E-state index contributed by atoms with van der Waals surface area (Å²) in [6, 6.07) is 0. The molecule has 0 aromatic rings. The summed E-state index contributed by atoms with van der Waals surface area (Å²) in [6.45, 7) is 22.2. The molecule has 0 radical (unpaired) electrons. The Morgan fingerprint density at radius 1 is 0.818 bits per heavy atom. The second-order valence-corrected chi connectivity index (χ2v) is 12.4. The monoisotopic (exact) mass is 348 g/mol. The first kappa shape index (κ1) is 22.6.